The topological polar surface area (TPSA) is 50.2 Å². The summed E-state index contributed by atoms with van der Waals surface area (Å²) in [4.78, 5) is 8.92. The Morgan fingerprint density at radius 2 is 1.76 bits per heavy atom. The summed E-state index contributed by atoms with van der Waals surface area (Å²) in [6.45, 7) is 1.88. The molecule has 1 N–H and O–H groups in total. The zero-order valence-corrected chi connectivity index (χ0v) is 12.2. The van der Waals surface area contributed by atoms with Gasteiger partial charge in [-0.2, -0.15) is 5.10 Å². The van der Waals surface area contributed by atoms with Crippen LogP contribution in [0.2, 0.25) is 5.02 Å². The summed E-state index contributed by atoms with van der Waals surface area (Å²) in [5.74, 6) is 0. The van der Waals surface area contributed by atoms with Crippen LogP contribution in [0.25, 0.3) is 11.0 Å². The Bertz CT molecular complexity index is 814. The van der Waals surface area contributed by atoms with E-state index in [2.05, 4.69) is 20.5 Å². The maximum Gasteiger partial charge on any atom is 0.105 e. The second-order valence-electron chi connectivity index (χ2n) is 4.53. The summed E-state index contributed by atoms with van der Waals surface area (Å²) in [6.07, 6.45) is 1.72. The number of nitrogens with one attached hydrogen (secondary N) is 1. The van der Waals surface area contributed by atoms with Crippen LogP contribution in [0.3, 0.4) is 0 Å². The van der Waals surface area contributed by atoms with Crippen molar-refractivity contribution in [2.75, 3.05) is 5.43 Å². The molecule has 0 amide bonds. The van der Waals surface area contributed by atoms with Gasteiger partial charge in [0.25, 0.3) is 0 Å². The number of aromatic nitrogens is 2. The van der Waals surface area contributed by atoms with Gasteiger partial charge in [-0.15, -0.1) is 0 Å². The molecular formula is C16H13ClN4. The van der Waals surface area contributed by atoms with E-state index in [1.165, 1.54) is 0 Å². The summed E-state index contributed by atoms with van der Waals surface area (Å²) < 4.78 is 0. The summed E-state index contributed by atoms with van der Waals surface area (Å²) in [5.41, 5.74) is 6.90. The number of hydrogen-bond acceptors (Lipinski definition) is 4. The Kier molecular flexibility index (Phi) is 3.79. The van der Waals surface area contributed by atoms with Crippen molar-refractivity contribution in [1.82, 2.24) is 9.97 Å². The maximum atomic E-state index is 6.07. The van der Waals surface area contributed by atoms with E-state index in [0.29, 0.717) is 5.02 Å². The molecule has 0 unspecified atom stereocenters. The minimum atomic E-state index is 0.624. The molecule has 0 aliphatic carbocycles. The standard InChI is InChI=1S/C16H13ClN4/c1-11(20-21-13-7-3-2-6-12(13)17)16-10-18-14-8-4-5-9-15(14)19-16/h2-10,21H,1H3. The Balaban J connectivity index is 1.87. The summed E-state index contributed by atoms with van der Waals surface area (Å²) >= 11 is 6.07. The van der Waals surface area contributed by atoms with Gasteiger partial charge in [-0.1, -0.05) is 35.9 Å². The molecule has 0 spiro atoms. The van der Waals surface area contributed by atoms with Crippen molar-refractivity contribution in [3.05, 3.63) is 65.4 Å². The van der Waals surface area contributed by atoms with Gasteiger partial charge in [0.15, 0.2) is 0 Å². The largest absolute Gasteiger partial charge is 0.277 e. The molecule has 0 radical (unpaired) electrons. The van der Waals surface area contributed by atoms with E-state index in [4.69, 9.17) is 11.6 Å². The zero-order chi connectivity index (χ0) is 14.7. The van der Waals surface area contributed by atoms with Crippen molar-refractivity contribution in [3.8, 4) is 0 Å². The Hall–Kier alpha value is -2.46. The third-order valence-corrected chi connectivity index (χ3v) is 3.37. The van der Waals surface area contributed by atoms with Crippen LogP contribution in [0.4, 0.5) is 5.69 Å². The predicted molar refractivity (Wildman–Crippen MR) is 86.8 cm³/mol. The van der Waals surface area contributed by atoms with Crippen molar-refractivity contribution in [2.24, 2.45) is 5.10 Å². The van der Waals surface area contributed by atoms with Gasteiger partial charge in [-0.25, -0.2) is 4.98 Å². The molecule has 2 aromatic carbocycles. The quantitative estimate of drug-likeness (QED) is 0.584. The van der Waals surface area contributed by atoms with Gasteiger partial charge in [-0.05, 0) is 31.2 Å². The zero-order valence-electron chi connectivity index (χ0n) is 11.4. The molecule has 0 atom stereocenters. The molecule has 1 heterocycles. The highest BCUT2D eigenvalue weighted by Crippen LogP contribution is 2.20. The molecule has 0 bridgehead atoms. The first-order valence-corrected chi connectivity index (χ1v) is 6.89. The highest BCUT2D eigenvalue weighted by molar-refractivity contribution is 6.33. The molecule has 3 rings (SSSR count). The van der Waals surface area contributed by atoms with Crippen LogP contribution in [0.15, 0.2) is 59.8 Å². The first-order valence-electron chi connectivity index (χ1n) is 6.51. The fourth-order valence-corrected chi connectivity index (χ4v) is 2.06. The third kappa shape index (κ3) is 3.01. The van der Waals surface area contributed by atoms with Crippen LogP contribution in [-0.2, 0) is 0 Å². The lowest BCUT2D eigenvalue weighted by Gasteiger charge is -2.05. The molecule has 0 aliphatic rings. The lowest BCUT2D eigenvalue weighted by Crippen LogP contribution is -2.03. The van der Waals surface area contributed by atoms with Crippen molar-refractivity contribution < 1.29 is 0 Å². The van der Waals surface area contributed by atoms with E-state index >= 15 is 0 Å². The average molecular weight is 297 g/mol. The molecule has 1 aromatic heterocycles. The molecule has 104 valence electrons. The fourth-order valence-electron chi connectivity index (χ4n) is 1.88. The van der Waals surface area contributed by atoms with Gasteiger partial charge in [0.2, 0.25) is 0 Å². The van der Waals surface area contributed by atoms with Gasteiger partial charge in [0.1, 0.15) is 5.69 Å². The first-order chi connectivity index (χ1) is 10.2. The first kappa shape index (κ1) is 13.5. The minimum absolute atomic E-state index is 0.624. The van der Waals surface area contributed by atoms with Crippen LogP contribution in [0, 0.1) is 0 Å². The molecule has 0 saturated heterocycles. The molecule has 0 fully saturated rings. The lowest BCUT2D eigenvalue weighted by atomic mass is 10.2. The number of anilines is 1. The molecule has 21 heavy (non-hydrogen) atoms. The second kappa shape index (κ2) is 5.89. The molecule has 3 aromatic rings. The summed E-state index contributed by atoms with van der Waals surface area (Å²) in [5, 5.41) is 4.94. The minimum Gasteiger partial charge on any atom is -0.277 e. The van der Waals surface area contributed by atoms with Crippen LogP contribution >= 0.6 is 11.6 Å². The maximum absolute atomic E-state index is 6.07. The third-order valence-electron chi connectivity index (χ3n) is 3.04. The van der Waals surface area contributed by atoms with Crippen molar-refractivity contribution in [3.63, 3.8) is 0 Å². The SMILES string of the molecule is CC(=NNc1ccccc1Cl)c1cnc2ccccc2n1. The number of rotatable bonds is 3. The molecule has 5 heteroatoms. The van der Waals surface area contributed by atoms with E-state index in [0.717, 1.165) is 28.1 Å². The van der Waals surface area contributed by atoms with Crippen molar-refractivity contribution >= 4 is 34.0 Å². The van der Waals surface area contributed by atoms with Crippen molar-refractivity contribution in [1.29, 1.82) is 0 Å². The molecule has 0 saturated carbocycles. The molecule has 0 aliphatic heterocycles. The Morgan fingerprint density at radius 3 is 2.57 bits per heavy atom. The smallest absolute Gasteiger partial charge is 0.105 e. The van der Waals surface area contributed by atoms with E-state index in [1.807, 2.05) is 55.5 Å². The molecule has 4 nitrogen and oxygen atoms in total. The molecular weight excluding hydrogens is 284 g/mol. The summed E-state index contributed by atoms with van der Waals surface area (Å²) in [7, 11) is 0. The van der Waals surface area contributed by atoms with Crippen LogP contribution < -0.4 is 5.43 Å². The van der Waals surface area contributed by atoms with Gasteiger partial charge in [-0.3, -0.25) is 10.4 Å². The van der Waals surface area contributed by atoms with Gasteiger partial charge >= 0.3 is 0 Å². The van der Waals surface area contributed by atoms with E-state index in [9.17, 15) is 0 Å². The Morgan fingerprint density at radius 1 is 1.05 bits per heavy atom. The number of benzene rings is 2. The van der Waals surface area contributed by atoms with Gasteiger partial charge in [0.05, 0.1) is 33.7 Å². The second-order valence-corrected chi connectivity index (χ2v) is 4.94. The number of hydrogen-bond donors (Lipinski definition) is 1. The number of halogens is 1. The van der Waals surface area contributed by atoms with Crippen molar-refractivity contribution in [2.45, 2.75) is 6.92 Å². The predicted octanol–water partition coefficient (Wildman–Crippen LogP) is 4.12. The average Bonchev–Trinajstić information content (AvgIpc) is 2.53. The monoisotopic (exact) mass is 296 g/mol. The van der Waals surface area contributed by atoms with Crippen LogP contribution in [0.1, 0.15) is 12.6 Å². The Labute approximate surface area is 127 Å². The van der Waals surface area contributed by atoms with Crippen LogP contribution in [-0.4, -0.2) is 15.7 Å². The lowest BCUT2D eigenvalue weighted by molar-refractivity contribution is 1.23. The van der Waals surface area contributed by atoms with Crippen LogP contribution in [0.5, 0.6) is 0 Å². The number of hydrazone groups is 1. The van der Waals surface area contributed by atoms with E-state index < -0.39 is 0 Å². The fraction of sp³-hybridized carbons (Fsp3) is 0.0625. The highest BCUT2D eigenvalue weighted by atomic mass is 35.5. The number of para-hydroxylation sites is 3. The number of nitrogens with zero attached hydrogens (tertiary/aromatic N) is 3. The summed E-state index contributed by atoms with van der Waals surface area (Å²) in [6, 6.07) is 15.2. The number of fused-ring (bicyclic) bond motifs is 1. The van der Waals surface area contributed by atoms with Gasteiger partial charge < -0.3 is 0 Å². The van der Waals surface area contributed by atoms with Gasteiger partial charge in [0, 0.05) is 0 Å². The normalized spacial score (nSPS) is 11.6. The highest BCUT2D eigenvalue weighted by Gasteiger charge is 2.03. The van der Waals surface area contributed by atoms with E-state index in [-0.39, 0.29) is 0 Å². The van der Waals surface area contributed by atoms with E-state index in [1.54, 1.807) is 6.20 Å².